The lowest BCUT2D eigenvalue weighted by atomic mass is 10.1. The third-order valence-electron chi connectivity index (χ3n) is 3.18. The van der Waals surface area contributed by atoms with Gasteiger partial charge < -0.3 is 9.47 Å². The molecule has 0 aliphatic heterocycles. The third-order valence-corrected chi connectivity index (χ3v) is 3.18. The lowest BCUT2D eigenvalue weighted by Gasteiger charge is -2.07. The minimum absolute atomic E-state index is 0.102. The summed E-state index contributed by atoms with van der Waals surface area (Å²) in [4.78, 5) is 12.3. The number of carbonyl (C=O) groups excluding carboxylic acids is 1. The molecule has 0 bridgehead atoms. The van der Waals surface area contributed by atoms with Crippen molar-refractivity contribution in [3.63, 3.8) is 0 Å². The first-order chi connectivity index (χ1) is 10.1. The highest BCUT2D eigenvalue weighted by molar-refractivity contribution is 6.08. The minimum Gasteiger partial charge on any atom is -0.497 e. The number of ketones is 1. The molecule has 0 radical (unpaired) electrons. The molecule has 0 atom stereocenters. The molecule has 0 fully saturated rings. The molecule has 3 heteroatoms. The molecular weight excluding hydrogens is 264 g/mol. The lowest BCUT2D eigenvalue weighted by Crippen LogP contribution is -1.99. The number of carbonyl (C=O) groups is 1. The highest BCUT2D eigenvalue weighted by atomic mass is 16.5. The Kier molecular flexibility index (Phi) is 4.77. The molecule has 0 heterocycles. The van der Waals surface area contributed by atoms with Gasteiger partial charge in [-0.2, -0.15) is 0 Å². The molecule has 21 heavy (non-hydrogen) atoms. The predicted molar refractivity (Wildman–Crippen MR) is 84.1 cm³/mol. The summed E-state index contributed by atoms with van der Waals surface area (Å²) in [5, 5.41) is 0. The monoisotopic (exact) mass is 282 g/mol. The maximum Gasteiger partial charge on any atom is 0.189 e. The van der Waals surface area contributed by atoms with E-state index < -0.39 is 0 Å². The molecule has 2 aromatic carbocycles. The van der Waals surface area contributed by atoms with Gasteiger partial charge in [0.1, 0.15) is 11.5 Å². The van der Waals surface area contributed by atoms with Crippen LogP contribution in [0.4, 0.5) is 0 Å². The van der Waals surface area contributed by atoms with Crippen molar-refractivity contribution in [2.75, 3.05) is 14.2 Å². The second-order valence-corrected chi connectivity index (χ2v) is 4.67. The van der Waals surface area contributed by atoms with Gasteiger partial charge in [-0.3, -0.25) is 4.79 Å². The van der Waals surface area contributed by atoms with E-state index in [1.54, 1.807) is 37.5 Å². The number of rotatable bonds is 5. The Labute approximate surface area is 124 Å². The number of ether oxygens (including phenoxy) is 2. The lowest BCUT2D eigenvalue weighted by molar-refractivity contribution is 0.104. The van der Waals surface area contributed by atoms with Crippen LogP contribution in [0.1, 0.15) is 21.5 Å². The van der Waals surface area contributed by atoms with Crippen LogP contribution in [0.25, 0.3) is 6.08 Å². The van der Waals surface area contributed by atoms with Crippen molar-refractivity contribution < 1.29 is 14.3 Å². The SMILES string of the molecule is COc1ccc(C(=O)/C=C/c2ccc(C)cc2)c(OC)c1. The van der Waals surface area contributed by atoms with E-state index in [4.69, 9.17) is 9.47 Å². The number of allylic oxidation sites excluding steroid dienone is 1. The van der Waals surface area contributed by atoms with Crippen molar-refractivity contribution in [3.8, 4) is 11.5 Å². The molecule has 0 aromatic heterocycles. The Morgan fingerprint density at radius 1 is 1.00 bits per heavy atom. The van der Waals surface area contributed by atoms with Crippen LogP contribution in [0.3, 0.4) is 0 Å². The van der Waals surface area contributed by atoms with Gasteiger partial charge in [0.25, 0.3) is 0 Å². The summed E-state index contributed by atoms with van der Waals surface area (Å²) in [5.74, 6) is 1.06. The molecule has 0 aliphatic carbocycles. The first-order valence-electron chi connectivity index (χ1n) is 6.65. The zero-order valence-corrected chi connectivity index (χ0v) is 12.4. The van der Waals surface area contributed by atoms with E-state index in [-0.39, 0.29) is 5.78 Å². The van der Waals surface area contributed by atoms with Crippen LogP contribution in [0.5, 0.6) is 11.5 Å². The average Bonchev–Trinajstić information content (AvgIpc) is 2.53. The van der Waals surface area contributed by atoms with E-state index in [9.17, 15) is 4.79 Å². The largest absolute Gasteiger partial charge is 0.497 e. The molecule has 0 N–H and O–H groups in total. The van der Waals surface area contributed by atoms with E-state index in [1.165, 1.54) is 12.7 Å². The Morgan fingerprint density at radius 3 is 2.33 bits per heavy atom. The van der Waals surface area contributed by atoms with Gasteiger partial charge >= 0.3 is 0 Å². The molecule has 2 rings (SSSR count). The normalized spacial score (nSPS) is 10.6. The van der Waals surface area contributed by atoms with Crippen LogP contribution in [0.15, 0.2) is 48.5 Å². The van der Waals surface area contributed by atoms with Crippen molar-refractivity contribution in [3.05, 3.63) is 65.2 Å². The molecule has 0 saturated heterocycles. The number of aryl methyl sites for hydroxylation is 1. The van der Waals surface area contributed by atoms with Gasteiger partial charge in [-0.05, 0) is 30.7 Å². The summed E-state index contributed by atoms with van der Waals surface area (Å²) in [6, 6.07) is 13.1. The fourth-order valence-electron chi connectivity index (χ4n) is 1.94. The van der Waals surface area contributed by atoms with Crippen LogP contribution < -0.4 is 9.47 Å². The minimum atomic E-state index is -0.102. The molecule has 108 valence electrons. The predicted octanol–water partition coefficient (Wildman–Crippen LogP) is 3.91. The van der Waals surface area contributed by atoms with Gasteiger partial charge in [0.15, 0.2) is 5.78 Å². The Morgan fingerprint density at radius 2 is 1.71 bits per heavy atom. The van der Waals surface area contributed by atoms with Crippen LogP contribution in [-0.4, -0.2) is 20.0 Å². The smallest absolute Gasteiger partial charge is 0.189 e. The highest BCUT2D eigenvalue weighted by Crippen LogP contribution is 2.25. The van der Waals surface area contributed by atoms with Crippen LogP contribution in [0, 0.1) is 6.92 Å². The fraction of sp³-hybridized carbons (Fsp3) is 0.167. The number of hydrogen-bond acceptors (Lipinski definition) is 3. The Hall–Kier alpha value is -2.55. The van der Waals surface area contributed by atoms with Crippen molar-refractivity contribution in [1.82, 2.24) is 0 Å². The van der Waals surface area contributed by atoms with E-state index >= 15 is 0 Å². The van der Waals surface area contributed by atoms with Crippen molar-refractivity contribution in [2.45, 2.75) is 6.92 Å². The molecular formula is C18H18O3. The first kappa shape index (κ1) is 14.9. The van der Waals surface area contributed by atoms with Gasteiger partial charge in [-0.15, -0.1) is 0 Å². The van der Waals surface area contributed by atoms with Crippen molar-refractivity contribution in [1.29, 1.82) is 0 Å². The number of methoxy groups -OCH3 is 2. The Bertz CT molecular complexity index is 655. The zero-order chi connectivity index (χ0) is 15.2. The first-order valence-corrected chi connectivity index (χ1v) is 6.65. The van der Waals surface area contributed by atoms with Crippen LogP contribution in [-0.2, 0) is 0 Å². The summed E-state index contributed by atoms with van der Waals surface area (Å²) in [6.07, 6.45) is 3.35. The highest BCUT2D eigenvalue weighted by Gasteiger charge is 2.10. The number of benzene rings is 2. The average molecular weight is 282 g/mol. The molecule has 0 amide bonds. The summed E-state index contributed by atoms with van der Waals surface area (Å²) in [7, 11) is 3.11. The standard InChI is InChI=1S/C18H18O3/c1-13-4-6-14(7-5-13)8-11-17(19)16-10-9-15(20-2)12-18(16)21-3/h4-12H,1-3H3/b11-8+. The maximum absolute atomic E-state index is 12.3. The Balaban J connectivity index is 2.22. The van der Waals surface area contributed by atoms with Crippen LogP contribution in [0.2, 0.25) is 0 Å². The van der Waals surface area contributed by atoms with Gasteiger partial charge in [-0.1, -0.05) is 35.9 Å². The van der Waals surface area contributed by atoms with Gasteiger partial charge in [0.2, 0.25) is 0 Å². The van der Waals surface area contributed by atoms with E-state index in [1.807, 2.05) is 31.2 Å². The fourth-order valence-corrected chi connectivity index (χ4v) is 1.94. The second kappa shape index (κ2) is 6.75. The maximum atomic E-state index is 12.3. The van der Waals surface area contributed by atoms with E-state index in [0.717, 1.165) is 5.56 Å². The zero-order valence-electron chi connectivity index (χ0n) is 12.4. The second-order valence-electron chi connectivity index (χ2n) is 4.67. The van der Waals surface area contributed by atoms with E-state index in [0.29, 0.717) is 17.1 Å². The summed E-state index contributed by atoms with van der Waals surface area (Å²) in [5.41, 5.74) is 2.69. The van der Waals surface area contributed by atoms with Gasteiger partial charge in [-0.25, -0.2) is 0 Å². The summed E-state index contributed by atoms with van der Waals surface area (Å²) < 4.78 is 10.4. The quantitative estimate of drug-likeness (QED) is 0.616. The molecule has 0 saturated carbocycles. The number of hydrogen-bond donors (Lipinski definition) is 0. The van der Waals surface area contributed by atoms with E-state index in [2.05, 4.69) is 0 Å². The van der Waals surface area contributed by atoms with Gasteiger partial charge in [0, 0.05) is 6.07 Å². The molecule has 2 aromatic rings. The van der Waals surface area contributed by atoms with Gasteiger partial charge in [0.05, 0.1) is 19.8 Å². The summed E-state index contributed by atoms with van der Waals surface area (Å²) in [6.45, 7) is 2.03. The van der Waals surface area contributed by atoms with Crippen molar-refractivity contribution in [2.24, 2.45) is 0 Å². The third kappa shape index (κ3) is 3.72. The molecule has 0 spiro atoms. The van der Waals surface area contributed by atoms with Crippen LogP contribution >= 0.6 is 0 Å². The van der Waals surface area contributed by atoms with Crippen molar-refractivity contribution >= 4 is 11.9 Å². The summed E-state index contributed by atoms with van der Waals surface area (Å²) >= 11 is 0. The molecule has 0 aliphatic rings. The topological polar surface area (TPSA) is 35.5 Å². The molecule has 0 unspecified atom stereocenters. The molecule has 3 nitrogen and oxygen atoms in total.